The summed E-state index contributed by atoms with van der Waals surface area (Å²) < 4.78 is 10.5. The third kappa shape index (κ3) is 23.4. The predicted molar refractivity (Wildman–Crippen MR) is 130 cm³/mol. The number of hydrogen-bond donors (Lipinski definition) is 0. The van der Waals surface area contributed by atoms with Crippen molar-refractivity contribution in [3.8, 4) is 0 Å². The van der Waals surface area contributed by atoms with Gasteiger partial charge in [-0.1, -0.05) is 92.4 Å². The highest BCUT2D eigenvalue weighted by atomic mass is 16.5. The molecule has 0 aromatic rings. The summed E-state index contributed by atoms with van der Waals surface area (Å²) in [6.45, 7) is 12.0. The highest BCUT2D eigenvalue weighted by Gasteiger charge is 2.08. The molecule has 0 spiro atoms. The van der Waals surface area contributed by atoms with E-state index < -0.39 is 0 Å². The van der Waals surface area contributed by atoms with Gasteiger partial charge in [0.2, 0.25) is 0 Å². The molecule has 1 unspecified atom stereocenters. The van der Waals surface area contributed by atoms with E-state index in [1.807, 2.05) is 0 Å². The van der Waals surface area contributed by atoms with Crippen LogP contribution in [0.1, 0.15) is 131 Å². The minimum Gasteiger partial charge on any atom is -0.466 e. The monoisotopic (exact) mass is 440 g/mol. The molecule has 0 aliphatic rings. The quantitative estimate of drug-likeness (QED) is 0.135. The molecule has 0 N–H and O–H groups in total. The maximum atomic E-state index is 11.7. The SMILES string of the molecule is CC(C)CCOC(=O)CCCCCCCCCCCC(C)CCC(=O)OCCC(C)C. The molecule has 1 atom stereocenters. The first-order valence-corrected chi connectivity index (χ1v) is 13.1. The molecule has 184 valence electrons. The number of ether oxygens (including phenoxy) is 2. The molecule has 0 aliphatic heterocycles. The van der Waals surface area contributed by atoms with Crippen molar-refractivity contribution in [2.24, 2.45) is 17.8 Å². The van der Waals surface area contributed by atoms with Gasteiger partial charge in [-0.2, -0.15) is 0 Å². The van der Waals surface area contributed by atoms with Gasteiger partial charge in [-0.25, -0.2) is 0 Å². The third-order valence-corrected chi connectivity index (χ3v) is 5.84. The second kappa shape index (κ2) is 20.8. The Bertz CT molecular complexity index is 431. The van der Waals surface area contributed by atoms with Crippen LogP contribution in [0, 0.1) is 17.8 Å². The van der Waals surface area contributed by atoms with Crippen molar-refractivity contribution in [2.45, 2.75) is 131 Å². The van der Waals surface area contributed by atoms with Crippen molar-refractivity contribution in [1.82, 2.24) is 0 Å². The Morgan fingerprint density at radius 3 is 1.42 bits per heavy atom. The molecule has 0 aliphatic carbocycles. The Labute approximate surface area is 193 Å². The second-order valence-electron chi connectivity index (χ2n) is 10.2. The number of carbonyl (C=O) groups is 2. The highest BCUT2D eigenvalue weighted by molar-refractivity contribution is 5.69. The molecule has 31 heavy (non-hydrogen) atoms. The second-order valence-corrected chi connectivity index (χ2v) is 10.2. The molecule has 0 fully saturated rings. The van der Waals surface area contributed by atoms with Gasteiger partial charge < -0.3 is 9.47 Å². The van der Waals surface area contributed by atoms with Crippen molar-refractivity contribution in [3.05, 3.63) is 0 Å². The Morgan fingerprint density at radius 2 is 0.935 bits per heavy atom. The molecule has 0 saturated carbocycles. The van der Waals surface area contributed by atoms with Gasteiger partial charge in [0.05, 0.1) is 13.2 Å². The summed E-state index contributed by atoms with van der Waals surface area (Å²) in [7, 11) is 0. The summed E-state index contributed by atoms with van der Waals surface area (Å²) >= 11 is 0. The van der Waals surface area contributed by atoms with E-state index in [0.717, 1.165) is 32.1 Å². The van der Waals surface area contributed by atoms with E-state index in [4.69, 9.17) is 9.47 Å². The number of carbonyl (C=O) groups excluding carboxylic acids is 2. The summed E-state index contributed by atoms with van der Waals surface area (Å²) in [6, 6.07) is 0. The van der Waals surface area contributed by atoms with Gasteiger partial charge in [0.15, 0.2) is 0 Å². The summed E-state index contributed by atoms with van der Waals surface area (Å²) in [5.74, 6) is 1.72. The minimum atomic E-state index is -0.0319. The van der Waals surface area contributed by atoms with Crippen LogP contribution in [0.15, 0.2) is 0 Å². The van der Waals surface area contributed by atoms with E-state index in [-0.39, 0.29) is 11.9 Å². The molecular formula is C27H52O4. The zero-order valence-corrected chi connectivity index (χ0v) is 21.4. The summed E-state index contributed by atoms with van der Waals surface area (Å²) in [5.41, 5.74) is 0. The zero-order valence-electron chi connectivity index (χ0n) is 21.4. The average Bonchev–Trinajstić information content (AvgIpc) is 2.69. The van der Waals surface area contributed by atoms with Crippen LogP contribution in [-0.4, -0.2) is 25.2 Å². The van der Waals surface area contributed by atoms with Crippen LogP contribution in [0.3, 0.4) is 0 Å². The van der Waals surface area contributed by atoms with Crippen molar-refractivity contribution < 1.29 is 19.1 Å². The van der Waals surface area contributed by atoms with Gasteiger partial charge in [0.1, 0.15) is 0 Å². The third-order valence-electron chi connectivity index (χ3n) is 5.84. The van der Waals surface area contributed by atoms with Gasteiger partial charge in [-0.05, 0) is 43.4 Å². The lowest BCUT2D eigenvalue weighted by Crippen LogP contribution is -2.09. The lowest BCUT2D eigenvalue weighted by atomic mass is 9.97. The smallest absolute Gasteiger partial charge is 0.305 e. The minimum absolute atomic E-state index is 0.0297. The molecule has 0 saturated heterocycles. The summed E-state index contributed by atoms with van der Waals surface area (Å²) in [5, 5.41) is 0. The molecule has 0 aromatic heterocycles. The van der Waals surface area contributed by atoms with E-state index >= 15 is 0 Å². The number of rotatable bonds is 21. The van der Waals surface area contributed by atoms with Crippen molar-refractivity contribution >= 4 is 11.9 Å². The Balaban J connectivity index is 3.35. The van der Waals surface area contributed by atoms with E-state index in [1.54, 1.807) is 0 Å². The standard InChI is InChI=1S/C27H52O4/c1-23(2)19-21-30-26(28)16-14-12-10-8-6-7-9-11-13-15-25(5)17-18-27(29)31-22-20-24(3)4/h23-25H,6-22H2,1-5H3. The van der Waals surface area contributed by atoms with E-state index in [1.165, 1.54) is 51.4 Å². The molecule has 0 aromatic carbocycles. The van der Waals surface area contributed by atoms with E-state index in [9.17, 15) is 9.59 Å². The zero-order chi connectivity index (χ0) is 23.3. The van der Waals surface area contributed by atoms with Crippen LogP contribution in [0.2, 0.25) is 0 Å². The van der Waals surface area contributed by atoms with Crippen molar-refractivity contribution in [1.29, 1.82) is 0 Å². The summed E-state index contributed by atoms with van der Waals surface area (Å²) in [4.78, 5) is 23.3. The van der Waals surface area contributed by atoms with Crippen LogP contribution in [-0.2, 0) is 19.1 Å². The fraction of sp³-hybridized carbons (Fsp3) is 0.926. The van der Waals surface area contributed by atoms with Crippen LogP contribution in [0.25, 0.3) is 0 Å². The first kappa shape index (κ1) is 29.9. The molecule has 0 bridgehead atoms. The molecule has 4 heteroatoms. The Kier molecular flexibility index (Phi) is 20.1. The van der Waals surface area contributed by atoms with Crippen LogP contribution in [0.4, 0.5) is 0 Å². The first-order valence-electron chi connectivity index (χ1n) is 13.1. The predicted octanol–water partition coefficient (Wildman–Crippen LogP) is 7.87. The number of hydrogen-bond acceptors (Lipinski definition) is 4. The molecule has 4 nitrogen and oxygen atoms in total. The molecule has 0 rings (SSSR count). The number of unbranched alkanes of at least 4 members (excludes halogenated alkanes) is 8. The lowest BCUT2D eigenvalue weighted by molar-refractivity contribution is -0.145. The number of esters is 2. The largest absolute Gasteiger partial charge is 0.466 e. The normalized spacial score (nSPS) is 12.4. The molecule has 0 amide bonds. The van der Waals surface area contributed by atoms with Crippen molar-refractivity contribution in [3.63, 3.8) is 0 Å². The van der Waals surface area contributed by atoms with Gasteiger partial charge in [-0.3, -0.25) is 9.59 Å². The Morgan fingerprint density at radius 1 is 0.516 bits per heavy atom. The van der Waals surface area contributed by atoms with E-state index in [2.05, 4.69) is 34.6 Å². The van der Waals surface area contributed by atoms with Crippen LogP contribution < -0.4 is 0 Å². The van der Waals surface area contributed by atoms with Gasteiger partial charge >= 0.3 is 11.9 Å². The summed E-state index contributed by atoms with van der Waals surface area (Å²) in [6.07, 6.45) is 16.3. The van der Waals surface area contributed by atoms with Gasteiger partial charge in [-0.15, -0.1) is 0 Å². The van der Waals surface area contributed by atoms with E-state index in [0.29, 0.717) is 43.8 Å². The fourth-order valence-electron chi connectivity index (χ4n) is 3.47. The molecular weight excluding hydrogens is 388 g/mol. The topological polar surface area (TPSA) is 52.6 Å². The molecule has 0 heterocycles. The lowest BCUT2D eigenvalue weighted by Gasteiger charge is -2.11. The van der Waals surface area contributed by atoms with Crippen molar-refractivity contribution in [2.75, 3.05) is 13.2 Å². The van der Waals surface area contributed by atoms with Gasteiger partial charge in [0.25, 0.3) is 0 Å². The fourth-order valence-corrected chi connectivity index (χ4v) is 3.47. The first-order chi connectivity index (χ1) is 14.8. The maximum Gasteiger partial charge on any atom is 0.305 e. The van der Waals surface area contributed by atoms with Crippen LogP contribution >= 0.6 is 0 Å². The van der Waals surface area contributed by atoms with Crippen LogP contribution in [0.5, 0.6) is 0 Å². The average molecular weight is 441 g/mol. The molecule has 0 radical (unpaired) electrons. The Hall–Kier alpha value is -1.06. The maximum absolute atomic E-state index is 11.7. The highest BCUT2D eigenvalue weighted by Crippen LogP contribution is 2.17. The van der Waals surface area contributed by atoms with Gasteiger partial charge in [0, 0.05) is 12.8 Å².